The van der Waals surface area contributed by atoms with Crippen molar-refractivity contribution in [2.75, 3.05) is 13.1 Å². The molecule has 0 bridgehead atoms. The van der Waals surface area contributed by atoms with Crippen LogP contribution in [0.1, 0.15) is 48.0 Å². The Balaban J connectivity index is 1.29. The topological polar surface area (TPSA) is 99.2 Å². The van der Waals surface area contributed by atoms with Crippen LogP contribution in [-0.4, -0.2) is 70.0 Å². The summed E-state index contributed by atoms with van der Waals surface area (Å²) in [6.45, 7) is 1.78. The molecule has 1 aromatic carbocycles. The van der Waals surface area contributed by atoms with E-state index in [1.165, 1.54) is 0 Å². The molecule has 1 aromatic rings. The number of β-amino-alcohol motifs (C(OH)–C–C–N with tert-alkyl or cyclic N) is 1. The summed E-state index contributed by atoms with van der Waals surface area (Å²) in [7, 11) is 0. The van der Waals surface area contributed by atoms with Gasteiger partial charge in [0.1, 0.15) is 17.9 Å². The molecule has 2 N–H and O–H groups in total. The first-order valence-electron chi connectivity index (χ1n) is 10.4. The molecule has 1 saturated carbocycles. The Morgan fingerprint density at radius 2 is 1.93 bits per heavy atom. The van der Waals surface area contributed by atoms with Crippen molar-refractivity contribution in [1.82, 2.24) is 15.1 Å². The van der Waals surface area contributed by atoms with E-state index in [0.717, 1.165) is 30.6 Å². The molecule has 1 aliphatic carbocycles. The first kappa shape index (κ1) is 18.6. The number of piperidine rings is 1. The van der Waals surface area contributed by atoms with Crippen LogP contribution in [0.15, 0.2) is 18.2 Å². The lowest BCUT2D eigenvalue weighted by Crippen LogP contribution is -2.58. The average Bonchev–Trinajstić information content (AvgIpc) is 3.24. The molecule has 154 valence electrons. The van der Waals surface area contributed by atoms with Crippen LogP contribution in [0.4, 0.5) is 0 Å². The summed E-state index contributed by atoms with van der Waals surface area (Å²) in [5, 5.41) is 11.9. The summed E-state index contributed by atoms with van der Waals surface area (Å²) < 4.78 is 6.28. The molecule has 0 radical (unpaired) electrons. The molecule has 5 rings (SSSR count). The van der Waals surface area contributed by atoms with Gasteiger partial charge < -0.3 is 14.7 Å². The maximum absolute atomic E-state index is 12.8. The molecule has 3 fully saturated rings. The summed E-state index contributed by atoms with van der Waals surface area (Å²) in [5.41, 5.74) is 1.45. The van der Waals surface area contributed by atoms with Gasteiger partial charge in [0.15, 0.2) is 0 Å². The number of imide groups is 1. The zero-order chi connectivity index (χ0) is 20.1. The third-order valence-electron chi connectivity index (χ3n) is 6.56. The fraction of sp³-hybridized carbons (Fsp3) is 0.571. The van der Waals surface area contributed by atoms with Gasteiger partial charge in [-0.3, -0.25) is 24.6 Å². The number of rotatable bonds is 4. The highest BCUT2D eigenvalue weighted by molar-refractivity contribution is 6.05. The standard InChI is InChI=1S/C21H25N3O5/c25-13-10-23(11-13)16-2-1-3-18(16)29-14-4-5-15-12(8-14)9-24(21(15)28)17-6-7-19(26)22-20(17)27/h4-5,8,13,16-18,25H,1-3,6-7,9-11H2,(H,22,26,27)/t16-,17?,18-/m0/s1. The Hall–Kier alpha value is -2.45. The van der Waals surface area contributed by atoms with E-state index >= 15 is 0 Å². The molecule has 8 heteroatoms. The zero-order valence-corrected chi connectivity index (χ0v) is 16.2. The average molecular weight is 399 g/mol. The highest BCUT2D eigenvalue weighted by Gasteiger charge is 2.41. The number of carbonyl (C=O) groups is 3. The minimum absolute atomic E-state index is 0.0869. The fourth-order valence-electron chi connectivity index (χ4n) is 5.02. The lowest BCUT2D eigenvalue weighted by molar-refractivity contribution is -0.136. The molecule has 2 saturated heterocycles. The number of fused-ring (bicyclic) bond motifs is 1. The van der Waals surface area contributed by atoms with Crippen LogP contribution in [0.2, 0.25) is 0 Å². The molecule has 3 amide bonds. The highest BCUT2D eigenvalue weighted by Crippen LogP contribution is 2.34. The van der Waals surface area contributed by atoms with E-state index in [4.69, 9.17) is 4.74 Å². The summed E-state index contributed by atoms with van der Waals surface area (Å²) in [5.74, 6) is -0.120. The van der Waals surface area contributed by atoms with Crippen LogP contribution in [0.25, 0.3) is 0 Å². The largest absolute Gasteiger partial charge is 0.489 e. The molecule has 1 unspecified atom stereocenters. The Bertz CT molecular complexity index is 866. The number of nitrogens with one attached hydrogen (secondary N) is 1. The summed E-state index contributed by atoms with van der Waals surface area (Å²) in [6.07, 6.45) is 3.64. The van der Waals surface area contributed by atoms with E-state index in [-0.39, 0.29) is 30.4 Å². The molecule has 4 aliphatic rings. The second-order valence-corrected chi connectivity index (χ2v) is 8.48. The van der Waals surface area contributed by atoms with E-state index in [1.807, 2.05) is 12.1 Å². The van der Waals surface area contributed by atoms with E-state index < -0.39 is 11.9 Å². The minimum atomic E-state index is -0.603. The van der Waals surface area contributed by atoms with E-state index in [2.05, 4.69) is 10.2 Å². The number of benzene rings is 1. The number of hydrogen-bond donors (Lipinski definition) is 2. The molecule has 0 aromatic heterocycles. The lowest BCUT2D eigenvalue weighted by atomic mass is 10.0. The number of amides is 3. The minimum Gasteiger partial charge on any atom is -0.489 e. The van der Waals surface area contributed by atoms with Crippen LogP contribution >= 0.6 is 0 Å². The van der Waals surface area contributed by atoms with E-state index in [1.54, 1.807) is 11.0 Å². The fourth-order valence-corrected chi connectivity index (χ4v) is 5.02. The van der Waals surface area contributed by atoms with Crippen molar-refractivity contribution in [2.45, 2.75) is 62.9 Å². The van der Waals surface area contributed by atoms with Crippen LogP contribution < -0.4 is 10.1 Å². The van der Waals surface area contributed by atoms with Crippen molar-refractivity contribution in [3.8, 4) is 5.75 Å². The first-order valence-corrected chi connectivity index (χ1v) is 10.4. The number of aliphatic hydroxyl groups excluding tert-OH is 1. The van der Waals surface area contributed by atoms with Crippen molar-refractivity contribution in [2.24, 2.45) is 0 Å². The molecule has 8 nitrogen and oxygen atoms in total. The molecule has 3 atom stereocenters. The number of carbonyl (C=O) groups excluding carboxylic acids is 3. The molecule has 29 heavy (non-hydrogen) atoms. The monoisotopic (exact) mass is 399 g/mol. The number of hydrogen-bond acceptors (Lipinski definition) is 6. The van der Waals surface area contributed by atoms with Gasteiger partial charge in [0, 0.05) is 37.7 Å². The summed E-state index contributed by atoms with van der Waals surface area (Å²) >= 11 is 0. The predicted molar refractivity (Wildman–Crippen MR) is 102 cm³/mol. The molecular weight excluding hydrogens is 374 g/mol. The van der Waals surface area contributed by atoms with Crippen molar-refractivity contribution >= 4 is 17.7 Å². The van der Waals surface area contributed by atoms with Gasteiger partial charge in [-0.25, -0.2) is 0 Å². The third kappa shape index (κ3) is 3.30. The quantitative estimate of drug-likeness (QED) is 0.712. The third-order valence-corrected chi connectivity index (χ3v) is 6.56. The van der Waals surface area contributed by atoms with Gasteiger partial charge in [0.05, 0.1) is 6.10 Å². The van der Waals surface area contributed by atoms with Crippen LogP contribution in [0.5, 0.6) is 5.75 Å². The van der Waals surface area contributed by atoms with Crippen LogP contribution in [-0.2, 0) is 16.1 Å². The maximum atomic E-state index is 12.8. The van der Waals surface area contributed by atoms with Crippen molar-refractivity contribution in [3.63, 3.8) is 0 Å². The van der Waals surface area contributed by atoms with Gasteiger partial charge in [-0.1, -0.05) is 0 Å². The van der Waals surface area contributed by atoms with Gasteiger partial charge in [0.2, 0.25) is 11.8 Å². The smallest absolute Gasteiger partial charge is 0.255 e. The lowest BCUT2D eigenvalue weighted by Gasteiger charge is -2.42. The summed E-state index contributed by atoms with van der Waals surface area (Å²) in [4.78, 5) is 40.2. The molecule has 3 aliphatic heterocycles. The normalized spacial score (nSPS) is 30.3. The SMILES string of the molecule is O=C1CCC(N2Cc3cc(O[C@H]4CCC[C@@H]4N4CC(O)C4)ccc3C2=O)C(=O)N1. The molecule has 0 spiro atoms. The van der Waals surface area contributed by atoms with Crippen molar-refractivity contribution in [3.05, 3.63) is 29.3 Å². The van der Waals surface area contributed by atoms with Gasteiger partial charge >= 0.3 is 0 Å². The number of aliphatic hydroxyl groups is 1. The first-order chi connectivity index (χ1) is 14.0. The zero-order valence-electron chi connectivity index (χ0n) is 16.2. The Morgan fingerprint density at radius 1 is 1.10 bits per heavy atom. The van der Waals surface area contributed by atoms with Crippen molar-refractivity contribution < 1.29 is 24.2 Å². The number of likely N-dealkylation sites (tertiary alicyclic amines) is 1. The maximum Gasteiger partial charge on any atom is 0.255 e. The van der Waals surface area contributed by atoms with E-state index in [9.17, 15) is 19.5 Å². The summed E-state index contributed by atoms with van der Waals surface area (Å²) in [6, 6.07) is 5.23. The number of ether oxygens (including phenoxy) is 1. The van der Waals surface area contributed by atoms with Crippen LogP contribution in [0.3, 0.4) is 0 Å². The Kier molecular flexibility index (Phi) is 4.55. The molecular formula is C21H25N3O5. The second kappa shape index (κ2) is 7.11. The Morgan fingerprint density at radius 3 is 2.69 bits per heavy atom. The molecule has 3 heterocycles. The second-order valence-electron chi connectivity index (χ2n) is 8.48. The van der Waals surface area contributed by atoms with E-state index in [0.29, 0.717) is 37.7 Å². The number of nitrogens with zero attached hydrogens (tertiary/aromatic N) is 2. The van der Waals surface area contributed by atoms with Gasteiger partial charge in [-0.15, -0.1) is 0 Å². The highest BCUT2D eigenvalue weighted by atomic mass is 16.5. The van der Waals surface area contributed by atoms with Gasteiger partial charge in [-0.2, -0.15) is 0 Å². The van der Waals surface area contributed by atoms with Gasteiger partial charge in [-0.05, 0) is 49.4 Å². The van der Waals surface area contributed by atoms with Crippen molar-refractivity contribution in [1.29, 1.82) is 0 Å². The van der Waals surface area contributed by atoms with Gasteiger partial charge in [0.25, 0.3) is 5.91 Å². The van der Waals surface area contributed by atoms with Crippen LogP contribution in [0, 0.1) is 0 Å². The predicted octanol–water partition coefficient (Wildman–Crippen LogP) is 0.424. The Labute approximate surface area is 168 Å².